The Morgan fingerprint density at radius 2 is 1.84 bits per heavy atom. The van der Waals surface area contributed by atoms with Crippen LogP contribution in [0.15, 0.2) is 16.8 Å². The first-order valence-electron chi connectivity index (χ1n) is 13.3. The van der Waals surface area contributed by atoms with Crippen molar-refractivity contribution in [1.29, 1.82) is 0 Å². The van der Waals surface area contributed by atoms with E-state index in [-0.39, 0.29) is 16.6 Å². The Hall–Kier alpha value is -2.75. The maximum atomic E-state index is 12.4. The number of fused-ring (bicyclic) bond motifs is 5. The van der Waals surface area contributed by atoms with Gasteiger partial charge < -0.3 is 26.1 Å². The zero-order valence-corrected chi connectivity index (χ0v) is 21.9. The number of primary amides is 1. The smallest absolute Gasteiger partial charge is 0.326 e. The molecular weight excluding hydrogens is 478 g/mol. The summed E-state index contributed by atoms with van der Waals surface area (Å²) in [5.41, 5.74) is 5.58. The molecule has 4 aliphatic carbocycles. The van der Waals surface area contributed by atoms with Gasteiger partial charge in [-0.2, -0.15) is 0 Å². The summed E-state index contributed by atoms with van der Waals surface area (Å²) in [6, 6.07) is -1.40. The van der Waals surface area contributed by atoms with E-state index >= 15 is 0 Å². The van der Waals surface area contributed by atoms with Crippen LogP contribution in [0, 0.1) is 28.6 Å². The SMILES string of the molecule is CC(=O)[C@@]1(O)CC[C@H]2[C@@H]3CCC4=C/C(=N\OCC(=O)N[C@H](CC(N)=O)C(=O)O)CC[C@]4(C)[C@H]3CC[C@@]21C. The number of nitrogens with zero attached hydrogens (tertiary/aromatic N) is 1. The molecule has 0 heterocycles. The Bertz CT molecular complexity index is 1050. The van der Waals surface area contributed by atoms with Crippen LogP contribution in [0.2, 0.25) is 0 Å². The highest BCUT2D eigenvalue weighted by Gasteiger charge is 2.65. The minimum absolute atomic E-state index is 0.0288. The molecule has 3 saturated carbocycles. The third kappa shape index (κ3) is 4.69. The van der Waals surface area contributed by atoms with Gasteiger partial charge in [-0.3, -0.25) is 14.4 Å². The van der Waals surface area contributed by atoms with Crippen molar-refractivity contribution in [3.05, 3.63) is 11.6 Å². The average molecular weight is 518 g/mol. The zero-order valence-electron chi connectivity index (χ0n) is 21.9. The van der Waals surface area contributed by atoms with Gasteiger partial charge in [0.05, 0.1) is 12.1 Å². The Kier molecular flexibility index (Phi) is 7.27. The number of aliphatic hydroxyl groups is 1. The van der Waals surface area contributed by atoms with Gasteiger partial charge in [0.1, 0.15) is 11.6 Å². The molecule has 10 heteroatoms. The number of nitrogens with one attached hydrogen (secondary N) is 1. The molecule has 3 fully saturated rings. The number of nitrogens with two attached hydrogens (primary N) is 1. The Morgan fingerprint density at radius 3 is 2.49 bits per heavy atom. The molecule has 0 aromatic heterocycles. The van der Waals surface area contributed by atoms with Crippen LogP contribution in [-0.2, 0) is 24.0 Å². The Labute approximate surface area is 217 Å². The standard InChI is InChI=1S/C27H39N3O7/c1-15(31)27(36)11-8-20-18-5-4-16-12-17(6-9-25(16,2)19(18)7-10-26(20,27)3)30-37-14-23(33)29-21(24(34)35)13-22(28)32/h12,18-21,36H,4-11,13-14H2,1-3H3,(H2,28,32)(H,29,33)(H,34,35)/b30-17-/t18-,19+,20+,21-,25+,26+,27+/m1/s1. The minimum Gasteiger partial charge on any atom is -0.480 e. The topological polar surface area (TPSA) is 168 Å². The Morgan fingerprint density at radius 1 is 1.14 bits per heavy atom. The summed E-state index contributed by atoms with van der Waals surface area (Å²) in [4.78, 5) is 51.8. The van der Waals surface area contributed by atoms with Crippen molar-refractivity contribution < 1.29 is 34.2 Å². The molecule has 0 aromatic carbocycles. The maximum absolute atomic E-state index is 12.4. The monoisotopic (exact) mass is 517 g/mol. The fourth-order valence-electron chi connectivity index (χ4n) is 8.05. The summed E-state index contributed by atoms with van der Waals surface area (Å²) < 4.78 is 0. The Balaban J connectivity index is 1.40. The van der Waals surface area contributed by atoms with Crippen LogP contribution in [0.3, 0.4) is 0 Å². The van der Waals surface area contributed by atoms with E-state index in [9.17, 15) is 24.3 Å². The molecule has 5 N–H and O–H groups in total. The van der Waals surface area contributed by atoms with E-state index in [4.69, 9.17) is 15.7 Å². The van der Waals surface area contributed by atoms with E-state index in [1.807, 2.05) is 0 Å². The summed E-state index contributed by atoms with van der Waals surface area (Å²) in [5.74, 6) is -1.65. The lowest BCUT2D eigenvalue weighted by Crippen LogP contribution is -2.57. The van der Waals surface area contributed by atoms with Gasteiger partial charge in [0.25, 0.3) is 5.91 Å². The fourth-order valence-corrected chi connectivity index (χ4v) is 8.05. The van der Waals surface area contributed by atoms with Crippen LogP contribution in [0.1, 0.15) is 78.6 Å². The second-order valence-electron chi connectivity index (χ2n) is 11.9. The van der Waals surface area contributed by atoms with Gasteiger partial charge in [-0.15, -0.1) is 0 Å². The number of carboxylic acids is 1. The predicted molar refractivity (Wildman–Crippen MR) is 134 cm³/mol. The highest BCUT2D eigenvalue weighted by molar-refractivity contribution is 5.96. The molecule has 0 unspecified atom stereocenters. The number of hydrogen-bond acceptors (Lipinski definition) is 7. The molecule has 204 valence electrons. The quantitative estimate of drug-likeness (QED) is 0.357. The average Bonchev–Trinajstić information content (AvgIpc) is 3.10. The van der Waals surface area contributed by atoms with Gasteiger partial charge in [0.2, 0.25) is 5.91 Å². The van der Waals surface area contributed by atoms with Crippen LogP contribution in [0.4, 0.5) is 0 Å². The molecule has 4 aliphatic rings. The van der Waals surface area contributed by atoms with Gasteiger partial charge in [0.15, 0.2) is 12.4 Å². The van der Waals surface area contributed by atoms with Crippen molar-refractivity contribution in [2.24, 2.45) is 39.5 Å². The first kappa shape index (κ1) is 27.3. The molecule has 0 spiro atoms. The third-order valence-corrected chi connectivity index (χ3v) is 10.1. The van der Waals surface area contributed by atoms with Crippen molar-refractivity contribution in [3.8, 4) is 0 Å². The normalized spacial score (nSPS) is 38.4. The minimum atomic E-state index is -1.40. The van der Waals surface area contributed by atoms with E-state index in [0.717, 1.165) is 44.2 Å². The number of amides is 2. The van der Waals surface area contributed by atoms with Crippen LogP contribution in [0.25, 0.3) is 0 Å². The molecule has 37 heavy (non-hydrogen) atoms. The molecule has 0 aromatic rings. The number of allylic oxidation sites excluding steroid dienone is 2. The summed E-state index contributed by atoms with van der Waals surface area (Å²) >= 11 is 0. The van der Waals surface area contributed by atoms with E-state index in [0.29, 0.717) is 30.6 Å². The molecule has 2 amide bonds. The largest absolute Gasteiger partial charge is 0.480 e. The summed E-state index contributed by atoms with van der Waals surface area (Å²) in [6.07, 6.45) is 8.43. The third-order valence-electron chi connectivity index (χ3n) is 10.1. The number of carboxylic acid groups (broad SMARTS) is 1. The van der Waals surface area contributed by atoms with Gasteiger partial charge in [0, 0.05) is 5.41 Å². The molecular formula is C27H39N3O7. The molecule has 4 rings (SSSR count). The van der Waals surface area contributed by atoms with E-state index < -0.39 is 42.5 Å². The fraction of sp³-hybridized carbons (Fsp3) is 0.741. The number of oxime groups is 1. The van der Waals surface area contributed by atoms with E-state index in [2.05, 4.69) is 30.4 Å². The zero-order chi connectivity index (χ0) is 27.2. The van der Waals surface area contributed by atoms with Crippen molar-refractivity contribution in [2.75, 3.05) is 6.61 Å². The molecule has 0 bridgehead atoms. The number of rotatable bonds is 8. The number of ketones is 1. The van der Waals surface area contributed by atoms with Crippen LogP contribution in [-0.4, -0.2) is 57.7 Å². The molecule has 0 aliphatic heterocycles. The molecule has 10 nitrogen and oxygen atoms in total. The number of hydrogen-bond donors (Lipinski definition) is 4. The second kappa shape index (κ2) is 9.85. The van der Waals surface area contributed by atoms with Gasteiger partial charge >= 0.3 is 5.97 Å². The highest BCUT2D eigenvalue weighted by atomic mass is 16.6. The van der Waals surface area contributed by atoms with Crippen molar-refractivity contribution >= 4 is 29.3 Å². The van der Waals surface area contributed by atoms with Gasteiger partial charge in [-0.25, -0.2) is 4.79 Å². The van der Waals surface area contributed by atoms with Crippen LogP contribution in [0.5, 0.6) is 0 Å². The molecule has 0 radical (unpaired) electrons. The number of carbonyl (C=O) groups excluding carboxylic acids is 3. The first-order valence-corrected chi connectivity index (χ1v) is 13.3. The maximum Gasteiger partial charge on any atom is 0.326 e. The van der Waals surface area contributed by atoms with Crippen molar-refractivity contribution in [2.45, 2.75) is 90.2 Å². The lowest BCUT2D eigenvalue weighted by atomic mass is 9.46. The predicted octanol–water partition coefficient (Wildman–Crippen LogP) is 2.09. The number of carbonyl (C=O) groups is 4. The summed E-state index contributed by atoms with van der Waals surface area (Å²) in [5, 5.41) is 26.8. The van der Waals surface area contributed by atoms with Gasteiger partial charge in [-0.1, -0.05) is 24.6 Å². The number of aliphatic carboxylic acids is 1. The van der Waals surface area contributed by atoms with Crippen LogP contribution < -0.4 is 11.1 Å². The lowest BCUT2D eigenvalue weighted by Gasteiger charge is -2.59. The summed E-state index contributed by atoms with van der Waals surface area (Å²) in [7, 11) is 0. The van der Waals surface area contributed by atoms with Crippen LogP contribution >= 0.6 is 0 Å². The second-order valence-corrected chi connectivity index (χ2v) is 11.9. The summed E-state index contributed by atoms with van der Waals surface area (Å²) in [6.45, 7) is 5.53. The van der Waals surface area contributed by atoms with E-state index in [1.165, 1.54) is 12.5 Å². The molecule has 0 saturated heterocycles. The van der Waals surface area contributed by atoms with Crippen molar-refractivity contribution in [3.63, 3.8) is 0 Å². The first-order chi connectivity index (χ1) is 17.3. The van der Waals surface area contributed by atoms with E-state index in [1.54, 1.807) is 0 Å². The lowest BCUT2D eigenvalue weighted by molar-refractivity contribution is -0.159. The number of Topliss-reactive ketones (excluding diaryl/α,β-unsaturated/α-hetero) is 1. The highest BCUT2D eigenvalue weighted by Crippen LogP contribution is 2.67. The van der Waals surface area contributed by atoms with Gasteiger partial charge in [-0.05, 0) is 87.5 Å². The molecule has 7 atom stereocenters. The van der Waals surface area contributed by atoms with Crippen molar-refractivity contribution in [1.82, 2.24) is 5.32 Å².